The molecule has 0 aliphatic heterocycles. The van der Waals surface area contributed by atoms with Crippen molar-refractivity contribution in [2.45, 2.75) is 0 Å². The van der Waals surface area contributed by atoms with Crippen LogP contribution in [0, 0.1) is 0 Å². The first kappa shape index (κ1) is 16.2. The summed E-state index contributed by atoms with van der Waals surface area (Å²) in [4.78, 5) is 8.97. The van der Waals surface area contributed by atoms with E-state index in [4.69, 9.17) is 0 Å². The molecule has 0 radical (unpaired) electrons. The summed E-state index contributed by atoms with van der Waals surface area (Å²) in [7, 11) is 0. The van der Waals surface area contributed by atoms with Gasteiger partial charge in [0.05, 0.1) is 14.9 Å². The average molecular weight is 432 g/mol. The monoisotopic (exact) mass is 431 g/mol. The molecule has 0 aliphatic rings. The number of aromatic nitrogens is 3. The maximum absolute atomic E-state index is 4.62. The number of rotatable bonds is 0. The zero-order chi connectivity index (χ0) is 20.1. The van der Waals surface area contributed by atoms with Gasteiger partial charge >= 0.3 is 0 Å². The van der Waals surface area contributed by atoms with Crippen LogP contribution in [0.2, 0.25) is 0 Å². The van der Waals surface area contributed by atoms with Crippen LogP contribution >= 0.6 is 22.7 Å². The molecular formula is C26H13N3S2. The fraction of sp³-hybridized carbons (Fsp3) is 0. The molecule has 31 heavy (non-hydrogen) atoms. The van der Waals surface area contributed by atoms with Crippen LogP contribution < -0.4 is 0 Å². The molecule has 5 aromatic heterocycles. The first-order chi connectivity index (χ1) is 15.4. The van der Waals surface area contributed by atoms with E-state index < -0.39 is 0 Å². The van der Waals surface area contributed by atoms with Crippen molar-refractivity contribution in [3.8, 4) is 0 Å². The van der Waals surface area contributed by atoms with Crippen LogP contribution in [0.5, 0.6) is 0 Å². The molecule has 0 unspecified atom stereocenters. The molecule has 5 heterocycles. The molecule has 5 heteroatoms. The van der Waals surface area contributed by atoms with Gasteiger partial charge in [0.15, 0.2) is 0 Å². The Morgan fingerprint density at radius 1 is 0.645 bits per heavy atom. The van der Waals surface area contributed by atoms with Gasteiger partial charge in [0.25, 0.3) is 0 Å². The van der Waals surface area contributed by atoms with E-state index >= 15 is 0 Å². The van der Waals surface area contributed by atoms with Crippen LogP contribution in [0.1, 0.15) is 0 Å². The summed E-state index contributed by atoms with van der Waals surface area (Å²) < 4.78 is 7.65. The molecule has 0 atom stereocenters. The van der Waals surface area contributed by atoms with Crippen molar-refractivity contribution in [1.82, 2.24) is 14.4 Å². The molecule has 8 aromatic rings. The zero-order valence-electron chi connectivity index (χ0n) is 16.2. The Bertz CT molecular complexity index is 2010. The highest BCUT2D eigenvalue weighted by molar-refractivity contribution is 7.33. The topological polar surface area (TPSA) is 30.2 Å². The van der Waals surface area contributed by atoms with E-state index in [1.807, 2.05) is 41.3 Å². The van der Waals surface area contributed by atoms with Gasteiger partial charge in [-0.15, -0.1) is 22.7 Å². The molecule has 0 saturated carbocycles. The highest BCUT2D eigenvalue weighted by Crippen LogP contribution is 2.45. The van der Waals surface area contributed by atoms with Crippen LogP contribution in [-0.4, -0.2) is 14.4 Å². The van der Waals surface area contributed by atoms with Crippen molar-refractivity contribution in [1.29, 1.82) is 0 Å². The predicted octanol–water partition coefficient (Wildman–Crippen LogP) is 7.77. The second-order valence-electron chi connectivity index (χ2n) is 7.93. The van der Waals surface area contributed by atoms with E-state index in [9.17, 15) is 0 Å². The fourth-order valence-electron chi connectivity index (χ4n) is 4.97. The van der Waals surface area contributed by atoms with E-state index in [0.29, 0.717) is 0 Å². The standard InChI is InChI=1S/C26H13N3S2/c1-2-4-22-15(3-1)16-5-6-17-19-11-21-18(12-23(19)31-25(17)24(16)30-22)14-7-8-27-13-20(14)26-28-9-10-29(21)26/h1-13H. The van der Waals surface area contributed by atoms with Crippen LogP contribution in [-0.2, 0) is 0 Å². The number of hydrogen-bond donors (Lipinski definition) is 0. The normalized spacial score (nSPS) is 12.5. The molecule has 3 aromatic carbocycles. The summed E-state index contributed by atoms with van der Waals surface area (Å²) in [6, 6.07) is 20.1. The molecule has 0 bridgehead atoms. The van der Waals surface area contributed by atoms with Gasteiger partial charge in [-0.2, -0.15) is 0 Å². The number of thiophene rings is 2. The molecule has 0 N–H and O–H groups in total. The second kappa shape index (κ2) is 5.58. The Kier molecular flexibility index (Phi) is 2.91. The Morgan fingerprint density at radius 3 is 2.42 bits per heavy atom. The summed E-state index contributed by atoms with van der Waals surface area (Å²) in [5.41, 5.74) is 2.15. The van der Waals surface area contributed by atoms with Crippen molar-refractivity contribution in [3.05, 3.63) is 79.4 Å². The predicted molar refractivity (Wildman–Crippen MR) is 134 cm³/mol. The van der Waals surface area contributed by atoms with Gasteiger partial charge in [0, 0.05) is 66.5 Å². The van der Waals surface area contributed by atoms with E-state index in [1.165, 1.54) is 56.6 Å². The van der Waals surface area contributed by atoms with Gasteiger partial charge in [-0.05, 0) is 29.7 Å². The lowest BCUT2D eigenvalue weighted by atomic mass is 10.0. The van der Waals surface area contributed by atoms with E-state index in [0.717, 1.165) is 11.0 Å². The number of fused-ring (bicyclic) bond motifs is 13. The van der Waals surface area contributed by atoms with E-state index in [1.54, 1.807) is 0 Å². The van der Waals surface area contributed by atoms with Gasteiger partial charge in [0.2, 0.25) is 0 Å². The van der Waals surface area contributed by atoms with Crippen LogP contribution in [0.15, 0.2) is 79.4 Å². The van der Waals surface area contributed by atoms with E-state index in [2.05, 4.69) is 75.2 Å². The van der Waals surface area contributed by atoms with Crippen molar-refractivity contribution in [3.63, 3.8) is 0 Å². The summed E-state index contributed by atoms with van der Waals surface area (Å²) in [5.74, 6) is 0. The SMILES string of the molecule is c1ccc2c(c1)sc1c2ccc2c3cc4c(cc3sc21)c1ccncc1c1nccn41. The van der Waals surface area contributed by atoms with Crippen LogP contribution in [0.3, 0.4) is 0 Å². The van der Waals surface area contributed by atoms with Gasteiger partial charge in [0.1, 0.15) is 5.65 Å². The fourth-order valence-corrected chi connectivity index (χ4v) is 7.53. The number of pyridine rings is 2. The largest absolute Gasteiger partial charge is 0.299 e. The first-order valence-electron chi connectivity index (χ1n) is 10.2. The number of nitrogens with zero attached hydrogens (tertiary/aromatic N) is 3. The third kappa shape index (κ3) is 1.98. The number of hydrogen-bond acceptors (Lipinski definition) is 4. The Hall–Kier alpha value is -3.54. The highest BCUT2D eigenvalue weighted by atomic mass is 32.1. The van der Waals surface area contributed by atoms with Gasteiger partial charge in [-0.3, -0.25) is 9.38 Å². The zero-order valence-corrected chi connectivity index (χ0v) is 17.8. The van der Waals surface area contributed by atoms with Gasteiger partial charge < -0.3 is 0 Å². The molecule has 0 aliphatic carbocycles. The van der Waals surface area contributed by atoms with Gasteiger partial charge in [-0.1, -0.05) is 30.3 Å². The van der Waals surface area contributed by atoms with Gasteiger partial charge in [-0.25, -0.2) is 4.98 Å². The Balaban J connectivity index is 1.61. The third-order valence-electron chi connectivity index (χ3n) is 6.35. The van der Waals surface area contributed by atoms with Crippen molar-refractivity contribution < 1.29 is 0 Å². The van der Waals surface area contributed by atoms with Crippen molar-refractivity contribution >= 4 is 90.3 Å². The Labute approximate surface area is 183 Å². The number of imidazole rings is 1. The molecular weight excluding hydrogens is 418 g/mol. The molecule has 0 amide bonds. The molecule has 8 rings (SSSR count). The lowest BCUT2D eigenvalue weighted by Crippen LogP contribution is -1.90. The smallest absolute Gasteiger partial charge is 0.146 e. The third-order valence-corrected chi connectivity index (χ3v) is 8.87. The summed E-state index contributed by atoms with van der Waals surface area (Å²) in [5, 5.41) is 8.90. The lowest BCUT2D eigenvalue weighted by molar-refractivity contribution is 1.27. The van der Waals surface area contributed by atoms with Crippen molar-refractivity contribution in [2.75, 3.05) is 0 Å². The lowest BCUT2D eigenvalue weighted by Gasteiger charge is -2.08. The minimum Gasteiger partial charge on any atom is -0.299 e. The second-order valence-corrected chi connectivity index (χ2v) is 10.0. The maximum atomic E-state index is 4.62. The summed E-state index contributed by atoms with van der Waals surface area (Å²) >= 11 is 3.81. The minimum absolute atomic E-state index is 0.960. The van der Waals surface area contributed by atoms with Crippen LogP contribution in [0.25, 0.3) is 67.7 Å². The Morgan fingerprint density at radius 2 is 1.48 bits per heavy atom. The molecule has 3 nitrogen and oxygen atoms in total. The van der Waals surface area contributed by atoms with Crippen molar-refractivity contribution in [2.24, 2.45) is 0 Å². The van der Waals surface area contributed by atoms with Crippen LogP contribution in [0.4, 0.5) is 0 Å². The van der Waals surface area contributed by atoms with E-state index in [-0.39, 0.29) is 0 Å². The average Bonchev–Trinajstić information content (AvgIpc) is 3.53. The quantitative estimate of drug-likeness (QED) is 0.230. The number of benzene rings is 3. The first-order valence-corrected chi connectivity index (χ1v) is 11.8. The molecule has 0 fully saturated rings. The maximum Gasteiger partial charge on any atom is 0.146 e. The summed E-state index contributed by atoms with van der Waals surface area (Å²) in [6.07, 6.45) is 7.72. The molecule has 0 saturated heterocycles. The minimum atomic E-state index is 0.960. The molecule has 0 spiro atoms. The highest BCUT2D eigenvalue weighted by Gasteiger charge is 2.16. The molecule has 144 valence electrons. The summed E-state index contributed by atoms with van der Waals surface area (Å²) in [6.45, 7) is 0.